The summed E-state index contributed by atoms with van der Waals surface area (Å²) >= 11 is 0. The van der Waals surface area contributed by atoms with Crippen molar-refractivity contribution in [1.29, 1.82) is 0 Å². The van der Waals surface area contributed by atoms with Crippen molar-refractivity contribution in [2.45, 2.75) is 186 Å². The number of nitrogens with one attached hydrogen (secondary N) is 6. The maximum atomic E-state index is 14.7. The van der Waals surface area contributed by atoms with Crippen molar-refractivity contribution in [3.05, 3.63) is 125 Å². The first kappa shape index (κ1) is 72.8. The molecule has 11 atom stereocenters. The van der Waals surface area contributed by atoms with Crippen molar-refractivity contribution in [2.24, 2.45) is 23.3 Å². The van der Waals surface area contributed by atoms with E-state index in [0.717, 1.165) is 27.8 Å². The zero-order chi connectivity index (χ0) is 68.1. The van der Waals surface area contributed by atoms with Gasteiger partial charge in [-0.05, 0) is 117 Å². The highest BCUT2D eigenvalue weighted by Gasteiger charge is 2.58. The van der Waals surface area contributed by atoms with E-state index in [-0.39, 0.29) is 100 Å². The number of anilines is 1. The van der Waals surface area contributed by atoms with Crippen LogP contribution in [0.5, 0.6) is 0 Å². The number of esters is 1. The summed E-state index contributed by atoms with van der Waals surface area (Å²) in [5.41, 5.74) is 16.5. The SMILES string of the molecule is CC(=O)O[C@@H](C)/C=C\C(=O)N[C@@H]1C[C@H](C)[C@H](C/C=C(C)/C=C/[C@H]2O[C@H](CC(=O)NCNC(=O)OCc3ccc(N(C(=O)[C@@H](NC(=O)CCCCCNC(=O)OCC4c5ccccc5-c5ccccc54)C(C)C)[C@@H](CCCNC(N)=O)C(N)=O)cc3)C[C@@]3(CO3)[C@@H]2O)O[C@@H]1C. The molecule has 0 radical (unpaired) electrons. The van der Waals surface area contributed by atoms with Crippen LogP contribution in [-0.4, -0.2) is 152 Å². The number of aliphatic hydroxyl groups is 1. The number of urea groups is 1. The molecule has 0 aromatic heterocycles. The van der Waals surface area contributed by atoms with E-state index in [1.807, 2.05) is 50.3 Å². The lowest BCUT2D eigenvalue weighted by Crippen LogP contribution is -2.57. The average Bonchev–Trinajstić information content (AvgIpc) is 1.60. The predicted molar refractivity (Wildman–Crippen MR) is 349 cm³/mol. The number of amides is 9. The van der Waals surface area contributed by atoms with Gasteiger partial charge in [-0.1, -0.05) is 112 Å². The van der Waals surface area contributed by atoms with Crippen LogP contribution in [0.2, 0.25) is 0 Å². The summed E-state index contributed by atoms with van der Waals surface area (Å²) in [6.07, 6.45) is 7.39. The van der Waals surface area contributed by atoms with Crippen LogP contribution in [0.3, 0.4) is 0 Å². The molecule has 11 N–H and O–H groups in total. The maximum absolute atomic E-state index is 14.7. The van der Waals surface area contributed by atoms with Crippen LogP contribution in [-0.2, 0) is 63.8 Å². The lowest BCUT2D eigenvalue weighted by atomic mass is 9.87. The normalized spacial score (nSPS) is 22.4. The molecule has 1 spiro atoms. The summed E-state index contributed by atoms with van der Waals surface area (Å²) in [5.74, 6) is -3.37. The van der Waals surface area contributed by atoms with Crippen LogP contribution in [0, 0.1) is 11.8 Å². The van der Waals surface area contributed by atoms with E-state index in [0.29, 0.717) is 50.8 Å². The molecule has 510 valence electrons. The first-order valence-electron chi connectivity index (χ1n) is 32.4. The Morgan fingerprint density at radius 3 is 2.11 bits per heavy atom. The van der Waals surface area contributed by atoms with E-state index >= 15 is 0 Å². The Morgan fingerprint density at radius 1 is 0.787 bits per heavy atom. The fourth-order valence-corrected chi connectivity index (χ4v) is 12.0. The van der Waals surface area contributed by atoms with E-state index in [9.17, 15) is 48.3 Å². The van der Waals surface area contributed by atoms with E-state index in [4.69, 9.17) is 39.9 Å². The molecule has 94 heavy (non-hydrogen) atoms. The third-order valence-corrected chi connectivity index (χ3v) is 17.2. The van der Waals surface area contributed by atoms with Gasteiger partial charge in [-0.3, -0.25) is 33.7 Å². The highest BCUT2D eigenvalue weighted by molar-refractivity contribution is 6.04. The van der Waals surface area contributed by atoms with Gasteiger partial charge >= 0.3 is 24.2 Å². The number of hydrogen-bond donors (Lipinski definition) is 9. The first-order valence-corrected chi connectivity index (χ1v) is 32.4. The second kappa shape index (κ2) is 35.0. The van der Waals surface area contributed by atoms with Gasteiger partial charge < -0.3 is 76.9 Å². The highest BCUT2D eigenvalue weighted by atomic mass is 16.6. The number of aliphatic hydroxyl groups excluding tert-OH is 1. The standard InChI is InChI=1S/C69H93N9O16/c1-41(2)62(77-59(80)21-9-8-14-32-73-67(87)90-38-54-52-18-12-10-16-50(52)51-17-11-13-19-53(51)54)65(85)78(56(64(70)84)20-15-33-72-66(71)86)48-27-25-47(26-28-48)37-89-68(88)75-40-74-61(82)35-49-36-69(39-91-69)63(83)58(94-49)30-23-42(3)22-29-57-43(4)34-55(45(6)93-57)76-60(81)31-24-44(5)92-46(7)79/h10-13,16-19,22-28,30-31,41,43-45,49,54-58,62-63,83H,8-9,14-15,20-21,29,32-40H2,1-7H3,(H2,70,84)(H,73,87)(H,74,82)(H,75,88)(H,76,81)(H,77,80)(H3,71,72,86)/b30-23+,31-24-,42-22+/t43-,44-,45+,49+,55+,56-,57-,58+,62-,63+,69+/m0/s1. The van der Waals surface area contributed by atoms with Crippen molar-refractivity contribution in [3.8, 4) is 11.1 Å². The van der Waals surface area contributed by atoms with E-state index in [2.05, 4.69) is 63.1 Å². The van der Waals surface area contributed by atoms with Crippen molar-refractivity contribution in [3.63, 3.8) is 0 Å². The summed E-state index contributed by atoms with van der Waals surface area (Å²) in [5, 5.41) is 27.5. The minimum Gasteiger partial charge on any atom is -0.459 e. The van der Waals surface area contributed by atoms with E-state index < -0.39 is 95.8 Å². The number of fused-ring (bicyclic) bond motifs is 3. The molecule has 1 aliphatic carbocycles. The number of rotatable bonds is 32. The predicted octanol–water partition coefficient (Wildman–Crippen LogP) is 6.24. The number of hydrogen-bond acceptors (Lipinski definition) is 16. The number of benzene rings is 3. The summed E-state index contributed by atoms with van der Waals surface area (Å²) in [7, 11) is 0. The van der Waals surface area contributed by atoms with E-state index in [1.165, 1.54) is 24.0 Å². The molecule has 3 heterocycles. The van der Waals surface area contributed by atoms with Crippen molar-refractivity contribution < 1.29 is 76.7 Å². The molecule has 3 aliphatic heterocycles. The number of ether oxygens (including phenoxy) is 6. The zero-order valence-electron chi connectivity index (χ0n) is 54.7. The van der Waals surface area contributed by atoms with Gasteiger partial charge in [0.1, 0.15) is 49.2 Å². The van der Waals surface area contributed by atoms with Gasteiger partial charge in [0.15, 0.2) is 0 Å². The minimum absolute atomic E-state index is 0.0293. The maximum Gasteiger partial charge on any atom is 0.408 e. The van der Waals surface area contributed by atoms with Crippen molar-refractivity contribution in [1.82, 2.24) is 31.9 Å². The van der Waals surface area contributed by atoms with Gasteiger partial charge in [-0.15, -0.1) is 0 Å². The fourth-order valence-electron chi connectivity index (χ4n) is 12.0. The Morgan fingerprint density at radius 2 is 1.46 bits per heavy atom. The number of epoxide rings is 1. The van der Waals surface area contributed by atoms with Crippen molar-refractivity contribution >= 4 is 59.4 Å². The lowest BCUT2D eigenvalue weighted by molar-refractivity contribution is -0.145. The number of allylic oxidation sites excluding steroid dienone is 2. The number of nitrogens with two attached hydrogens (primary N) is 2. The van der Waals surface area contributed by atoms with Gasteiger partial charge in [0.25, 0.3) is 5.91 Å². The molecule has 7 rings (SSSR count). The van der Waals surface area contributed by atoms with Gasteiger partial charge in [-0.25, -0.2) is 14.4 Å². The van der Waals surface area contributed by atoms with Gasteiger partial charge in [-0.2, -0.15) is 0 Å². The Bertz CT molecular complexity index is 3180. The molecular formula is C69H93N9O16. The summed E-state index contributed by atoms with van der Waals surface area (Å²) in [6, 6.07) is 19.2. The summed E-state index contributed by atoms with van der Waals surface area (Å²) in [4.78, 5) is 116. The van der Waals surface area contributed by atoms with Crippen LogP contribution in [0.15, 0.2) is 109 Å². The zero-order valence-corrected chi connectivity index (χ0v) is 54.7. The highest BCUT2D eigenvalue weighted by Crippen LogP contribution is 2.45. The Kier molecular flexibility index (Phi) is 27.1. The topological polar surface area (TPSA) is 360 Å². The molecule has 25 nitrogen and oxygen atoms in total. The number of nitrogens with zero attached hydrogens (tertiary/aromatic N) is 1. The molecule has 4 aliphatic rings. The van der Waals surface area contributed by atoms with Gasteiger partial charge in [0.05, 0.1) is 44.1 Å². The molecule has 3 aromatic carbocycles. The van der Waals surface area contributed by atoms with Crippen LogP contribution < -0.4 is 48.3 Å². The molecule has 0 unspecified atom stereocenters. The Hall–Kier alpha value is -8.65. The van der Waals surface area contributed by atoms with Gasteiger partial charge in [0.2, 0.25) is 23.6 Å². The Labute approximate surface area is 549 Å². The molecule has 3 aromatic rings. The molecule has 3 saturated heterocycles. The molecule has 0 bridgehead atoms. The molecule has 9 amide bonds. The van der Waals surface area contributed by atoms with Gasteiger partial charge in [0, 0.05) is 50.5 Å². The van der Waals surface area contributed by atoms with Crippen molar-refractivity contribution in [2.75, 3.05) is 37.9 Å². The largest absolute Gasteiger partial charge is 0.459 e. The number of carbonyl (C=O) groups is 9. The number of primary amides is 2. The molecule has 3 fully saturated rings. The molecule has 25 heteroatoms. The minimum atomic E-state index is -1.22. The monoisotopic (exact) mass is 1300 g/mol. The number of carbonyl (C=O) groups excluding carboxylic acids is 9. The smallest absolute Gasteiger partial charge is 0.408 e. The second-order valence-electron chi connectivity index (χ2n) is 25.0. The summed E-state index contributed by atoms with van der Waals surface area (Å²) in [6.45, 7) is 12.8. The lowest BCUT2D eigenvalue weighted by Gasteiger charge is -2.39. The average molecular weight is 1300 g/mol. The number of unbranched alkanes of at least 4 members (excludes halogenated alkanes) is 2. The Balaban J connectivity index is 0.838. The second-order valence-corrected chi connectivity index (χ2v) is 25.0. The van der Waals surface area contributed by atoms with Crippen LogP contribution >= 0.6 is 0 Å². The third-order valence-electron chi connectivity index (χ3n) is 17.2. The van der Waals surface area contributed by atoms with E-state index in [1.54, 1.807) is 51.1 Å². The molecule has 0 saturated carbocycles. The first-order chi connectivity index (χ1) is 44.9. The van der Waals surface area contributed by atoms with Crippen LogP contribution in [0.4, 0.5) is 20.1 Å². The van der Waals surface area contributed by atoms with Crippen LogP contribution in [0.25, 0.3) is 11.1 Å². The number of alkyl carbamates (subject to hydrolysis) is 2. The molecular weight excluding hydrogens is 1210 g/mol. The van der Waals surface area contributed by atoms with Crippen LogP contribution in [0.1, 0.15) is 135 Å². The third kappa shape index (κ3) is 21.4. The summed E-state index contributed by atoms with van der Waals surface area (Å²) < 4.78 is 34.4. The quantitative estimate of drug-likeness (QED) is 0.00635. The fraction of sp³-hybridized carbons (Fsp3) is 0.522.